The summed E-state index contributed by atoms with van der Waals surface area (Å²) in [5.74, 6) is 0. The van der Waals surface area contributed by atoms with E-state index < -0.39 is 0 Å². The van der Waals surface area contributed by atoms with Crippen molar-refractivity contribution in [3.63, 3.8) is 0 Å². The minimum absolute atomic E-state index is 0.686. The zero-order chi connectivity index (χ0) is 15.0. The average Bonchev–Trinajstić information content (AvgIpc) is 2.44. The molecule has 1 nitrogen and oxygen atoms in total. The van der Waals surface area contributed by atoms with E-state index in [9.17, 15) is 0 Å². The Bertz CT molecular complexity index is 514. The van der Waals surface area contributed by atoms with Crippen molar-refractivity contribution in [2.45, 2.75) is 40.5 Å². The number of allylic oxidation sites excluding steroid dienone is 6. The Kier molecular flexibility index (Phi) is 7.03. The molecule has 0 unspecified atom stereocenters. The first kappa shape index (κ1) is 16.5. The van der Waals surface area contributed by atoms with Gasteiger partial charge in [-0.15, -0.1) is 0 Å². The normalized spacial score (nSPS) is 11.9. The van der Waals surface area contributed by atoms with Crippen LogP contribution >= 0.6 is 0 Å². The fraction of sp³-hybridized carbons (Fsp3) is 0.368. The second kappa shape index (κ2) is 8.55. The molecule has 0 spiro atoms. The van der Waals surface area contributed by atoms with Crippen molar-refractivity contribution < 1.29 is 0 Å². The molecule has 2 N–H and O–H groups in total. The van der Waals surface area contributed by atoms with Crippen LogP contribution in [0.4, 0.5) is 0 Å². The SMILES string of the molecule is CC/C(C)=C/C=C\C(=C(C)C)c1ccccc1CCN. The maximum atomic E-state index is 5.72. The third-order valence-electron chi connectivity index (χ3n) is 3.46. The van der Waals surface area contributed by atoms with Gasteiger partial charge in [0.15, 0.2) is 0 Å². The van der Waals surface area contributed by atoms with Gasteiger partial charge >= 0.3 is 0 Å². The second-order valence-electron chi connectivity index (χ2n) is 5.34. The summed E-state index contributed by atoms with van der Waals surface area (Å²) in [4.78, 5) is 0. The lowest BCUT2D eigenvalue weighted by Crippen LogP contribution is -2.05. The van der Waals surface area contributed by atoms with Crippen molar-refractivity contribution >= 4 is 5.57 Å². The smallest absolute Gasteiger partial charge is 0.00365 e. The first-order valence-electron chi connectivity index (χ1n) is 7.39. The second-order valence-corrected chi connectivity index (χ2v) is 5.34. The Morgan fingerprint density at radius 2 is 1.85 bits per heavy atom. The quantitative estimate of drug-likeness (QED) is 0.731. The van der Waals surface area contributed by atoms with Crippen LogP contribution in [0, 0.1) is 0 Å². The standard InChI is InChI=1S/C19H27N/c1-5-16(4)9-8-12-18(15(2)3)19-11-7-6-10-17(19)13-14-20/h6-12H,5,13-14,20H2,1-4H3/b12-8-,16-9+. The van der Waals surface area contributed by atoms with Gasteiger partial charge in [-0.05, 0) is 56.9 Å². The molecule has 0 fully saturated rings. The van der Waals surface area contributed by atoms with Gasteiger partial charge in [-0.3, -0.25) is 0 Å². The first-order valence-corrected chi connectivity index (χ1v) is 7.39. The molecular weight excluding hydrogens is 242 g/mol. The van der Waals surface area contributed by atoms with Crippen LogP contribution in [0.15, 0.2) is 53.6 Å². The summed E-state index contributed by atoms with van der Waals surface area (Å²) >= 11 is 0. The lowest BCUT2D eigenvalue weighted by Gasteiger charge is -2.11. The van der Waals surface area contributed by atoms with Crippen molar-refractivity contribution in [1.29, 1.82) is 0 Å². The Labute approximate surface area is 123 Å². The van der Waals surface area contributed by atoms with Crippen LogP contribution in [0.2, 0.25) is 0 Å². The third-order valence-corrected chi connectivity index (χ3v) is 3.46. The van der Waals surface area contributed by atoms with Gasteiger partial charge in [0, 0.05) is 0 Å². The zero-order valence-electron chi connectivity index (χ0n) is 13.2. The van der Waals surface area contributed by atoms with Gasteiger partial charge in [0.2, 0.25) is 0 Å². The molecule has 0 radical (unpaired) electrons. The zero-order valence-corrected chi connectivity index (χ0v) is 13.2. The fourth-order valence-electron chi connectivity index (χ4n) is 2.11. The van der Waals surface area contributed by atoms with Gasteiger partial charge in [-0.25, -0.2) is 0 Å². The largest absolute Gasteiger partial charge is 0.330 e. The van der Waals surface area contributed by atoms with E-state index in [0.717, 1.165) is 12.8 Å². The van der Waals surface area contributed by atoms with Crippen LogP contribution in [0.3, 0.4) is 0 Å². The number of benzene rings is 1. The molecule has 0 atom stereocenters. The Hall–Kier alpha value is -1.60. The van der Waals surface area contributed by atoms with E-state index in [1.165, 1.54) is 27.8 Å². The Morgan fingerprint density at radius 1 is 1.15 bits per heavy atom. The molecular formula is C19H27N. The summed E-state index contributed by atoms with van der Waals surface area (Å²) in [6.07, 6.45) is 8.57. The summed E-state index contributed by atoms with van der Waals surface area (Å²) < 4.78 is 0. The maximum Gasteiger partial charge on any atom is -0.00365 e. The van der Waals surface area contributed by atoms with Gasteiger partial charge in [0.1, 0.15) is 0 Å². The molecule has 0 aliphatic heterocycles. The molecule has 108 valence electrons. The molecule has 0 aliphatic carbocycles. The molecule has 0 saturated heterocycles. The molecule has 0 aromatic heterocycles. The van der Waals surface area contributed by atoms with Gasteiger partial charge in [-0.2, -0.15) is 0 Å². The summed E-state index contributed by atoms with van der Waals surface area (Å²) in [7, 11) is 0. The molecule has 1 rings (SSSR count). The Morgan fingerprint density at radius 3 is 2.45 bits per heavy atom. The first-order chi connectivity index (χ1) is 9.60. The van der Waals surface area contributed by atoms with Crippen LogP contribution in [-0.4, -0.2) is 6.54 Å². The minimum Gasteiger partial charge on any atom is -0.330 e. The summed E-state index contributed by atoms with van der Waals surface area (Å²) in [5, 5.41) is 0. The number of nitrogens with two attached hydrogens (primary N) is 1. The summed E-state index contributed by atoms with van der Waals surface area (Å²) in [6, 6.07) is 8.54. The van der Waals surface area contributed by atoms with Crippen molar-refractivity contribution in [2.24, 2.45) is 5.73 Å². The highest BCUT2D eigenvalue weighted by Gasteiger charge is 2.05. The van der Waals surface area contributed by atoms with E-state index in [0.29, 0.717) is 6.54 Å². The fourth-order valence-corrected chi connectivity index (χ4v) is 2.11. The van der Waals surface area contributed by atoms with Crippen LogP contribution in [-0.2, 0) is 6.42 Å². The third kappa shape index (κ3) is 4.82. The predicted octanol–water partition coefficient (Wildman–Crippen LogP) is 4.89. The molecule has 0 bridgehead atoms. The predicted molar refractivity (Wildman–Crippen MR) is 90.7 cm³/mol. The highest BCUT2D eigenvalue weighted by Crippen LogP contribution is 2.24. The monoisotopic (exact) mass is 269 g/mol. The van der Waals surface area contributed by atoms with Gasteiger partial charge in [0.25, 0.3) is 0 Å². The highest BCUT2D eigenvalue weighted by atomic mass is 14.5. The van der Waals surface area contributed by atoms with Gasteiger partial charge < -0.3 is 5.73 Å². The highest BCUT2D eigenvalue weighted by molar-refractivity contribution is 5.78. The molecule has 0 heterocycles. The molecule has 1 aromatic carbocycles. The van der Waals surface area contributed by atoms with E-state index >= 15 is 0 Å². The Balaban J connectivity index is 3.14. The van der Waals surface area contributed by atoms with Crippen molar-refractivity contribution in [2.75, 3.05) is 6.54 Å². The number of rotatable bonds is 6. The summed E-state index contributed by atoms with van der Waals surface area (Å²) in [6.45, 7) is 9.35. The van der Waals surface area contributed by atoms with Crippen LogP contribution in [0.1, 0.15) is 45.2 Å². The molecule has 0 amide bonds. The van der Waals surface area contributed by atoms with E-state index in [4.69, 9.17) is 5.73 Å². The summed E-state index contributed by atoms with van der Waals surface area (Å²) in [5.41, 5.74) is 12.4. The molecule has 0 aliphatic rings. The van der Waals surface area contributed by atoms with Crippen molar-refractivity contribution in [3.8, 4) is 0 Å². The molecule has 20 heavy (non-hydrogen) atoms. The van der Waals surface area contributed by atoms with Crippen LogP contribution in [0.25, 0.3) is 5.57 Å². The van der Waals surface area contributed by atoms with Crippen molar-refractivity contribution in [3.05, 3.63) is 64.8 Å². The lowest BCUT2D eigenvalue weighted by atomic mass is 9.94. The van der Waals surface area contributed by atoms with Crippen LogP contribution < -0.4 is 5.73 Å². The topological polar surface area (TPSA) is 26.0 Å². The van der Waals surface area contributed by atoms with E-state index in [1.54, 1.807) is 0 Å². The van der Waals surface area contributed by atoms with Gasteiger partial charge in [-0.1, -0.05) is 60.6 Å². The van der Waals surface area contributed by atoms with E-state index in [2.05, 4.69) is 70.2 Å². The van der Waals surface area contributed by atoms with E-state index in [1.807, 2.05) is 0 Å². The van der Waals surface area contributed by atoms with Crippen LogP contribution in [0.5, 0.6) is 0 Å². The maximum absolute atomic E-state index is 5.72. The number of hydrogen-bond donors (Lipinski definition) is 1. The minimum atomic E-state index is 0.686. The molecule has 0 saturated carbocycles. The lowest BCUT2D eigenvalue weighted by molar-refractivity contribution is 0.965. The van der Waals surface area contributed by atoms with Crippen molar-refractivity contribution in [1.82, 2.24) is 0 Å². The van der Waals surface area contributed by atoms with E-state index in [-0.39, 0.29) is 0 Å². The van der Waals surface area contributed by atoms with Gasteiger partial charge in [0.05, 0.1) is 0 Å². The number of hydrogen-bond acceptors (Lipinski definition) is 1. The molecule has 1 heteroatoms. The average molecular weight is 269 g/mol. The molecule has 1 aromatic rings.